The minimum absolute atomic E-state index is 0.00190. The number of ether oxygens (including phenoxy) is 1. The largest absolute Gasteiger partial charge is 0.391 e. The van der Waals surface area contributed by atoms with E-state index in [1.54, 1.807) is 0 Å². The molecule has 1 unspecified atom stereocenters. The molecule has 0 radical (unpaired) electrons. The molecule has 0 saturated carbocycles. The summed E-state index contributed by atoms with van der Waals surface area (Å²) in [5.74, 6) is -1.27. The van der Waals surface area contributed by atoms with Gasteiger partial charge in [-0.05, 0) is 19.3 Å². The molecule has 4 nitrogen and oxygen atoms in total. The van der Waals surface area contributed by atoms with Crippen LogP contribution in [0, 0.1) is 5.92 Å². The van der Waals surface area contributed by atoms with Crippen molar-refractivity contribution in [3.8, 4) is 0 Å². The summed E-state index contributed by atoms with van der Waals surface area (Å²) in [5, 5.41) is 2.78. The van der Waals surface area contributed by atoms with Gasteiger partial charge in [0.1, 0.15) is 0 Å². The Bertz CT molecular complexity index is 295. The van der Waals surface area contributed by atoms with Gasteiger partial charge in [0.05, 0.1) is 18.6 Å². The lowest BCUT2D eigenvalue weighted by atomic mass is 9.96. The Hall–Kier alpha value is -0.980. The first-order chi connectivity index (χ1) is 8.47. The zero-order valence-corrected chi connectivity index (χ0v) is 10.0. The van der Waals surface area contributed by atoms with Gasteiger partial charge in [0.2, 0.25) is 0 Å². The van der Waals surface area contributed by atoms with Gasteiger partial charge in [-0.25, -0.2) is 4.79 Å². The molecule has 2 aliphatic heterocycles. The number of carbonyl (C=O) groups excluding carboxylic acids is 1. The predicted molar refractivity (Wildman–Crippen MR) is 58.1 cm³/mol. The molecule has 0 aromatic rings. The highest BCUT2D eigenvalue weighted by atomic mass is 19.4. The Morgan fingerprint density at radius 3 is 2.39 bits per heavy atom. The van der Waals surface area contributed by atoms with Crippen LogP contribution in [-0.4, -0.2) is 49.5 Å². The summed E-state index contributed by atoms with van der Waals surface area (Å²) in [4.78, 5) is 13.2. The van der Waals surface area contributed by atoms with Crippen LogP contribution in [0.25, 0.3) is 0 Å². The molecule has 0 spiro atoms. The molecule has 0 aliphatic carbocycles. The van der Waals surface area contributed by atoms with Crippen molar-refractivity contribution in [1.29, 1.82) is 0 Å². The molecular formula is C11H17F3N2O2. The maximum absolute atomic E-state index is 12.5. The standard InChI is InChI=1S/C11H17F3N2O2/c12-11(13,14)8-1-4-16(5-2-8)10(17)15-9-3-6-18-7-9/h8-9H,1-7H2,(H,15,17). The van der Waals surface area contributed by atoms with E-state index in [-0.39, 0.29) is 38.0 Å². The second kappa shape index (κ2) is 5.34. The molecule has 0 bridgehead atoms. The number of nitrogens with zero attached hydrogens (tertiary/aromatic N) is 1. The third kappa shape index (κ3) is 3.28. The Morgan fingerprint density at radius 1 is 1.22 bits per heavy atom. The lowest BCUT2D eigenvalue weighted by Gasteiger charge is -2.33. The van der Waals surface area contributed by atoms with Crippen LogP contribution in [0.3, 0.4) is 0 Å². The number of rotatable bonds is 1. The van der Waals surface area contributed by atoms with E-state index in [1.165, 1.54) is 4.90 Å². The van der Waals surface area contributed by atoms with Crippen molar-refractivity contribution in [3.05, 3.63) is 0 Å². The van der Waals surface area contributed by atoms with E-state index in [0.29, 0.717) is 13.2 Å². The Balaban J connectivity index is 1.76. The van der Waals surface area contributed by atoms with E-state index in [2.05, 4.69) is 5.32 Å². The molecule has 104 valence electrons. The number of piperidine rings is 1. The first-order valence-corrected chi connectivity index (χ1v) is 6.16. The van der Waals surface area contributed by atoms with Gasteiger partial charge in [-0.3, -0.25) is 0 Å². The number of carbonyl (C=O) groups is 1. The zero-order valence-electron chi connectivity index (χ0n) is 10.0. The molecule has 2 aliphatic rings. The first-order valence-electron chi connectivity index (χ1n) is 6.16. The molecule has 0 aromatic heterocycles. The van der Waals surface area contributed by atoms with Crippen LogP contribution >= 0.6 is 0 Å². The van der Waals surface area contributed by atoms with E-state index in [4.69, 9.17) is 4.74 Å². The molecule has 18 heavy (non-hydrogen) atoms. The molecule has 2 rings (SSSR count). The van der Waals surface area contributed by atoms with Crippen LogP contribution in [0.4, 0.5) is 18.0 Å². The number of hydrogen-bond acceptors (Lipinski definition) is 2. The normalized spacial score (nSPS) is 26.4. The zero-order chi connectivity index (χ0) is 13.2. The minimum atomic E-state index is -4.14. The summed E-state index contributed by atoms with van der Waals surface area (Å²) in [7, 11) is 0. The summed E-state index contributed by atoms with van der Waals surface area (Å²) in [6, 6.07) is -0.274. The highest BCUT2D eigenvalue weighted by Crippen LogP contribution is 2.34. The summed E-state index contributed by atoms with van der Waals surface area (Å²) >= 11 is 0. The summed E-state index contributed by atoms with van der Waals surface area (Å²) in [6.07, 6.45) is -3.37. The molecule has 1 atom stereocenters. The summed E-state index contributed by atoms with van der Waals surface area (Å²) in [5.41, 5.74) is 0. The quantitative estimate of drug-likeness (QED) is 0.785. The van der Waals surface area contributed by atoms with Crippen LogP contribution in [0.5, 0.6) is 0 Å². The highest BCUT2D eigenvalue weighted by molar-refractivity contribution is 5.74. The third-order valence-electron chi connectivity index (χ3n) is 3.50. The highest BCUT2D eigenvalue weighted by Gasteiger charge is 2.41. The van der Waals surface area contributed by atoms with Crippen molar-refractivity contribution < 1.29 is 22.7 Å². The van der Waals surface area contributed by atoms with Gasteiger partial charge >= 0.3 is 12.2 Å². The molecule has 2 amide bonds. The molecule has 1 N–H and O–H groups in total. The van der Waals surface area contributed by atoms with Gasteiger partial charge in [0.15, 0.2) is 0 Å². The fourth-order valence-corrected chi connectivity index (χ4v) is 2.32. The molecule has 7 heteroatoms. The predicted octanol–water partition coefficient (Wildman–Crippen LogP) is 1.76. The first kappa shape index (κ1) is 13.5. The van der Waals surface area contributed by atoms with Gasteiger partial charge in [-0.1, -0.05) is 0 Å². The van der Waals surface area contributed by atoms with Crippen LogP contribution in [-0.2, 0) is 4.74 Å². The average Bonchev–Trinajstić information content (AvgIpc) is 2.81. The number of amides is 2. The number of alkyl halides is 3. The summed E-state index contributed by atoms with van der Waals surface area (Å²) < 4.78 is 42.5. The van der Waals surface area contributed by atoms with E-state index in [0.717, 1.165) is 6.42 Å². The fourth-order valence-electron chi connectivity index (χ4n) is 2.32. The van der Waals surface area contributed by atoms with Crippen molar-refractivity contribution in [1.82, 2.24) is 10.2 Å². The van der Waals surface area contributed by atoms with Crippen LogP contribution in [0.1, 0.15) is 19.3 Å². The van der Waals surface area contributed by atoms with Crippen molar-refractivity contribution in [2.24, 2.45) is 5.92 Å². The Labute approximate surface area is 103 Å². The van der Waals surface area contributed by atoms with E-state index < -0.39 is 12.1 Å². The second-order valence-electron chi connectivity index (χ2n) is 4.81. The van der Waals surface area contributed by atoms with Crippen molar-refractivity contribution in [2.45, 2.75) is 31.5 Å². The lowest BCUT2D eigenvalue weighted by molar-refractivity contribution is -0.183. The molecule has 2 fully saturated rings. The Kier molecular flexibility index (Phi) is 3.99. The second-order valence-corrected chi connectivity index (χ2v) is 4.81. The SMILES string of the molecule is O=C(NC1CCOC1)N1CCC(C(F)(F)F)CC1. The van der Waals surface area contributed by atoms with Gasteiger partial charge in [0.25, 0.3) is 0 Å². The lowest BCUT2D eigenvalue weighted by Crippen LogP contribution is -2.49. The number of urea groups is 1. The molecular weight excluding hydrogens is 249 g/mol. The topological polar surface area (TPSA) is 41.6 Å². The van der Waals surface area contributed by atoms with E-state index >= 15 is 0 Å². The van der Waals surface area contributed by atoms with Crippen LogP contribution in [0.15, 0.2) is 0 Å². The van der Waals surface area contributed by atoms with E-state index in [9.17, 15) is 18.0 Å². The maximum Gasteiger partial charge on any atom is 0.391 e. The van der Waals surface area contributed by atoms with Gasteiger partial charge in [-0.15, -0.1) is 0 Å². The smallest absolute Gasteiger partial charge is 0.379 e. The fraction of sp³-hybridized carbons (Fsp3) is 0.909. The molecule has 0 aromatic carbocycles. The van der Waals surface area contributed by atoms with E-state index in [1.807, 2.05) is 0 Å². The molecule has 2 heterocycles. The van der Waals surface area contributed by atoms with Gasteiger partial charge in [0, 0.05) is 19.7 Å². The minimum Gasteiger partial charge on any atom is -0.379 e. The average molecular weight is 266 g/mol. The van der Waals surface area contributed by atoms with Crippen LogP contribution < -0.4 is 5.32 Å². The maximum atomic E-state index is 12.5. The molecule has 2 saturated heterocycles. The van der Waals surface area contributed by atoms with Crippen molar-refractivity contribution in [3.63, 3.8) is 0 Å². The number of halogens is 3. The monoisotopic (exact) mass is 266 g/mol. The number of likely N-dealkylation sites (tertiary alicyclic amines) is 1. The third-order valence-corrected chi connectivity index (χ3v) is 3.50. The summed E-state index contributed by atoms with van der Waals surface area (Å²) in [6.45, 7) is 1.46. The Morgan fingerprint density at radius 2 is 1.89 bits per heavy atom. The number of hydrogen-bond donors (Lipinski definition) is 1. The number of nitrogens with one attached hydrogen (secondary N) is 1. The van der Waals surface area contributed by atoms with Gasteiger partial charge in [-0.2, -0.15) is 13.2 Å². The van der Waals surface area contributed by atoms with Crippen molar-refractivity contribution >= 4 is 6.03 Å². The van der Waals surface area contributed by atoms with Crippen molar-refractivity contribution in [2.75, 3.05) is 26.3 Å². The van der Waals surface area contributed by atoms with Gasteiger partial charge < -0.3 is 15.0 Å². The van der Waals surface area contributed by atoms with Crippen LogP contribution in [0.2, 0.25) is 0 Å².